The average molecular weight is 443 g/mol. The van der Waals surface area contributed by atoms with Crippen LogP contribution in [0.1, 0.15) is 47.3 Å². The van der Waals surface area contributed by atoms with Crippen LogP contribution in [0.5, 0.6) is 0 Å². The smallest absolute Gasteiger partial charge is 0.323 e. The van der Waals surface area contributed by atoms with Crippen LogP contribution in [-0.4, -0.2) is 25.0 Å². The summed E-state index contributed by atoms with van der Waals surface area (Å²) in [6, 6.07) is 22.6. The fraction of sp³-hybridized carbons (Fsp3) is 0.259. The van der Waals surface area contributed by atoms with E-state index in [1.165, 1.54) is 0 Å². The molecule has 170 valence electrons. The van der Waals surface area contributed by atoms with Gasteiger partial charge in [0.1, 0.15) is 0 Å². The van der Waals surface area contributed by atoms with Crippen LogP contribution in [0.2, 0.25) is 0 Å². The standard InChI is InChI=1S/C27H30N4O2/c1-19-9-8-12-22(17-19)29-27(33)30-23-13-14-25(31-15-6-7-16-31)24(18-23)26(32)28-20(2)21-10-4-3-5-11-21/h3-5,8-14,17-18,20H,6-7,15-16H2,1-2H3,(H,28,32)(H2,29,30,33). The van der Waals surface area contributed by atoms with Crippen molar-refractivity contribution in [3.05, 3.63) is 89.5 Å². The van der Waals surface area contributed by atoms with Gasteiger partial charge in [0, 0.05) is 30.2 Å². The monoisotopic (exact) mass is 442 g/mol. The molecular formula is C27H30N4O2. The second kappa shape index (κ2) is 10.2. The highest BCUT2D eigenvalue weighted by Crippen LogP contribution is 2.28. The van der Waals surface area contributed by atoms with E-state index in [-0.39, 0.29) is 18.0 Å². The van der Waals surface area contributed by atoms with E-state index in [1.54, 1.807) is 6.07 Å². The first kappa shape index (κ1) is 22.4. The van der Waals surface area contributed by atoms with Crippen LogP contribution in [0.25, 0.3) is 0 Å². The topological polar surface area (TPSA) is 73.5 Å². The fourth-order valence-corrected chi connectivity index (χ4v) is 4.15. The van der Waals surface area contributed by atoms with E-state index in [4.69, 9.17) is 0 Å². The van der Waals surface area contributed by atoms with E-state index in [1.807, 2.05) is 80.6 Å². The van der Waals surface area contributed by atoms with Crippen molar-refractivity contribution in [3.8, 4) is 0 Å². The minimum atomic E-state index is -0.349. The van der Waals surface area contributed by atoms with E-state index < -0.39 is 0 Å². The largest absolute Gasteiger partial charge is 0.371 e. The average Bonchev–Trinajstić information content (AvgIpc) is 3.34. The van der Waals surface area contributed by atoms with Crippen LogP contribution in [-0.2, 0) is 0 Å². The van der Waals surface area contributed by atoms with E-state index >= 15 is 0 Å². The second-order valence-electron chi connectivity index (χ2n) is 8.48. The molecule has 1 aliphatic heterocycles. The van der Waals surface area contributed by atoms with Gasteiger partial charge < -0.3 is 20.9 Å². The second-order valence-corrected chi connectivity index (χ2v) is 8.48. The Balaban J connectivity index is 1.53. The number of aryl methyl sites for hydroxylation is 1. The summed E-state index contributed by atoms with van der Waals surface area (Å²) in [6.07, 6.45) is 2.22. The molecule has 33 heavy (non-hydrogen) atoms. The number of hydrogen-bond acceptors (Lipinski definition) is 3. The maximum absolute atomic E-state index is 13.3. The molecule has 0 aromatic heterocycles. The van der Waals surface area contributed by atoms with E-state index in [0.29, 0.717) is 11.3 Å². The Morgan fingerprint density at radius 2 is 1.55 bits per heavy atom. The quantitative estimate of drug-likeness (QED) is 0.456. The molecule has 1 unspecified atom stereocenters. The predicted molar refractivity (Wildman–Crippen MR) is 134 cm³/mol. The van der Waals surface area contributed by atoms with Gasteiger partial charge in [-0.1, -0.05) is 42.5 Å². The molecule has 6 nitrogen and oxygen atoms in total. The molecular weight excluding hydrogens is 412 g/mol. The summed E-state index contributed by atoms with van der Waals surface area (Å²) in [6.45, 7) is 5.80. The molecule has 3 amide bonds. The molecule has 1 fully saturated rings. The number of rotatable bonds is 6. The number of anilines is 3. The number of hydrogen-bond donors (Lipinski definition) is 3. The van der Waals surface area contributed by atoms with Crippen LogP contribution in [0.15, 0.2) is 72.8 Å². The summed E-state index contributed by atoms with van der Waals surface area (Å²) in [5, 5.41) is 8.81. The highest BCUT2D eigenvalue weighted by atomic mass is 16.2. The summed E-state index contributed by atoms with van der Waals surface area (Å²) in [4.78, 5) is 28.1. The molecule has 1 heterocycles. The third-order valence-electron chi connectivity index (χ3n) is 5.87. The molecule has 0 saturated carbocycles. The summed E-state index contributed by atoms with van der Waals surface area (Å²) >= 11 is 0. The molecule has 0 radical (unpaired) electrons. The summed E-state index contributed by atoms with van der Waals surface area (Å²) in [5.41, 5.74) is 4.86. The zero-order valence-corrected chi connectivity index (χ0v) is 19.1. The Labute approximate surface area is 195 Å². The van der Waals surface area contributed by atoms with Gasteiger partial charge >= 0.3 is 6.03 Å². The molecule has 4 rings (SSSR count). The molecule has 0 spiro atoms. The summed E-state index contributed by atoms with van der Waals surface area (Å²) in [5.74, 6) is -0.156. The summed E-state index contributed by atoms with van der Waals surface area (Å²) in [7, 11) is 0. The lowest BCUT2D eigenvalue weighted by Gasteiger charge is -2.23. The summed E-state index contributed by atoms with van der Waals surface area (Å²) < 4.78 is 0. The molecule has 3 N–H and O–H groups in total. The van der Waals surface area contributed by atoms with Crippen molar-refractivity contribution in [2.45, 2.75) is 32.7 Å². The lowest BCUT2D eigenvalue weighted by atomic mass is 10.1. The highest BCUT2D eigenvalue weighted by molar-refractivity contribution is 6.04. The van der Waals surface area contributed by atoms with Crippen molar-refractivity contribution in [2.24, 2.45) is 0 Å². The Morgan fingerprint density at radius 1 is 0.848 bits per heavy atom. The maximum Gasteiger partial charge on any atom is 0.323 e. The number of nitrogens with zero attached hydrogens (tertiary/aromatic N) is 1. The van der Waals surface area contributed by atoms with Crippen molar-refractivity contribution < 1.29 is 9.59 Å². The Kier molecular flexibility index (Phi) is 6.93. The van der Waals surface area contributed by atoms with Gasteiger partial charge in [-0.05, 0) is 68.1 Å². The normalized spacial score (nSPS) is 13.9. The molecule has 6 heteroatoms. The highest BCUT2D eigenvalue weighted by Gasteiger charge is 2.22. The number of carbonyl (C=O) groups excluding carboxylic acids is 2. The van der Waals surface area contributed by atoms with Crippen LogP contribution in [0, 0.1) is 6.92 Å². The van der Waals surface area contributed by atoms with Crippen LogP contribution >= 0.6 is 0 Å². The van der Waals surface area contributed by atoms with Gasteiger partial charge in [-0.2, -0.15) is 0 Å². The van der Waals surface area contributed by atoms with Crippen LogP contribution in [0.4, 0.5) is 21.9 Å². The fourth-order valence-electron chi connectivity index (χ4n) is 4.15. The first-order valence-electron chi connectivity index (χ1n) is 11.4. The minimum absolute atomic E-state index is 0.133. The van der Waals surface area contributed by atoms with Gasteiger partial charge in [-0.15, -0.1) is 0 Å². The zero-order valence-electron chi connectivity index (χ0n) is 19.1. The molecule has 3 aromatic carbocycles. The maximum atomic E-state index is 13.3. The molecule has 0 aliphatic carbocycles. The van der Waals surface area contributed by atoms with Crippen LogP contribution in [0.3, 0.4) is 0 Å². The van der Waals surface area contributed by atoms with Crippen molar-refractivity contribution in [1.29, 1.82) is 0 Å². The molecule has 1 atom stereocenters. The molecule has 1 aliphatic rings. The van der Waals surface area contributed by atoms with Gasteiger partial charge in [0.05, 0.1) is 11.6 Å². The first-order valence-corrected chi connectivity index (χ1v) is 11.4. The number of carbonyl (C=O) groups is 2. The van der Waals surface area contributed by atoms with Crippen molar-refractivity contribution >= 4 is 29.0 Å². The number of urea groups is 1. The number of amides is 3. The first-order chi connectivity index (χ1) is 16.0. The van der Waals surface area contributed by atoms with Crippen molar-refractivity contribution in [3.63, 3.8) is 0 Å². The third kappa shape index (κ3) is 5.71. The lowest BCUT2D eigenvalue weighted by Crippen LogP contribution is -2.30. The van der Waals surface area contributed by atoms with Crippen molar-refractivity contribution in [1.82, 2.24) is 5.32 Å². The predicted octanol–water partition coefficient (Wildman–Crippen LogP) is 5.73. The zero-order chi connectivity index (χ0) is 23.2. The Hall–Kier alpha value is -3.80. The third-order valence-corrected chi connectivity index (χ3v) is 5.87. The van der Waals surface area contributed by atoms with Gasteiger partial charge in [0.2, 0.25) is 0 Å². The van der Waals surface area contributed by atoms with Gasteiger partial charge in [0.15, 0.2) is 0 Å². The van der Waals surface area contributed by atoms with Gasteiger partial charge in [0.25, 0.3) is 5.91 Å². The van der Waals surface area contributed by atoms with Crippen LogP contribution < -0.4 is 20.9 Å². The molecule has 0 bridgehead atoms. The van der Waals surface area contributed by atoms with E-state index in [9.17, 15) is 9.59 Å². The number of nitrogens with one attached hydrogen (secondary N) is 3. The molecule has 3 aromatic rings. The number of benzene rings is 3. The van der Waals surface area contributed by atoms with Crippen molar-refractivity contribution in [2.75, 3.05) is 28.6 Å². The van der Waals surface area contributed by atoms with Gasteiger partial charge in [-0.3, -0.25) is 4.79 Å². The molecule has 1 saturated heterocycles. The van der Waals surface area contributed by atoms with E-state index in [2.05, 4.69) is 20.9 Å². The Morgan fingerprint density at radius 3 is 2.24 bits per heavy atom. The van der Waals surface area contributed by atoms with Gasteiger partial charge in [-0.25, -0.2) is 4.79 Å². The minimum Gasteiger partial charge on any atom is -0.371 e. The SMILES string of the molecule is Cc1cccc(NC(=O)Nc2ccc(N3CCCC3)c(C(=O)NC(C)c3ccccc3)c2)c1. The van der Waals surface area contributed by atoms with E-state index in [0.717, 1.165) is 48.4 Å². The lowest BCUT2D eigenvalue weighted by molar-refractivity contribution is 0.0940. The Bertz CT molecular complexity index is 1120.